The van der Waals surface area contributed by atoms with Crippen molar-refractivity contribution in [2.24, 2.45) is 11.8 Å². The number of piperidine rings is 6. The van der Waals surface area contributed by atoms with Crippen molar-refractivity contribution in [3.8, 4) is 17.2 Å². The van der Waals surface area contributed by atoms with Gasteiger partial charge in [-0.05, 0) is 63.7 Å². The maximum absolute atomic E-state index is 13.4. The molecule has 6 saturated heterocycles. The minimum atomic E-state index is -2.62. The molecule has 6 heterocycles. The number of aliphatic hydroxyl groups is 1. The fraction of sp³-hybridized carbons (Fsp3) is 0.412. The van der Waals surface area contributed by atoms with Gasteiger partial charge in [0.25, 0.3) is 0 Å². The lowest BCUT2D eigenvalue weighted by molar-refractivity contribution is -0.0469. The predicted molar refractivity (Wildman–Crippen MR) is 161 cm³/mol. The zero-order valence-electron chi connectivity index (χ0n) is 28.8. The molecule has 0 amide bonds. The molecule has 58 heavy (non-hydrogen) atoms. The molecule has 0 radical (unpaired) electrons. The van der Waals surface area contributed by atoms with Crippen LogP contribution in [0.1, 0.15) is 25.7 Å². The van der Waals surface area contributed by atoms with Gasteiger partial charge in [-0.25, -0.2) is 49.1 Å². The lowest BCUT2D eigenvalue weighted by Crippen LogP contribution is -2.52. The normalized spacial score (nSPS) is 23.0. The van der Waals surface area contributed by atoms with E-state index >= 15 is 0 Å². The molecule has 0 spiro atoms. The number of ether oxygens (including phenoxy) is 4. The Bertz CT molecular complexity index is 1920. The van der Waals surface area contributed by atoms with Crippen LogP contribution >= 0.6 is 0 Å². The maximum atomic E-state index is 13.4. The average Bonchev–Trinajstić information content (AvgIpc) is 3.22. The molecule has 24 heteroatoms. The van der Waals surface area contributed by atoms with Crippen molar-refractivity contribution in [3.05, 3.63) is 87.3 Å². The van der Waals surface area contributed by atoms with Gasteiger partial charge in [-0.2, -0.15) is 26.3 Å². The maximum Gasteiger partial charge on any atom is 0.519 e. The highest BCUT2D eigenvalue weighted by molar-refractivity contribution is 5.67. The van der Waals surface area contributed by atoms with E-state index in [-0.39, 0.29) is 12.0 Å². The fourth-order valence-corrected chi connectivity index (χ4v) is 6.42. The van der Waals surface area contributed by atoms with Crippen molar-refractivity contribution in [2.75, 3.05) is 39.3 Å². The van der Waals surface area contributed by atoms with E-state index in [9.17, 15) is 80.6 Å². The predicted octanol–water partition coefficient (Wildman–Crippen LogP) is 7.72. The van der Waals surface area contributed by atoms with Crippen LogP contribution in [0.2, 0.25) is 0 Å². The number of hydrogen-bond acceptors (Lipinski definition) is 9. The van der Waals surface area contributed by atoms with Gasteiger partial charge >= 0.3 is 12.3 Å². The molecule has 4 bridgehead atoms. The molecule has 6 fully saturated rings. The van der Waals surface area contributed by atoms with E-state index in [1.807, 2.05) is 0 Å². The van der Waals surface area contributed by atoms with E-state index in [2.05, 4.69) is 24.0 Å². The van der Waals surface area contributed by atoms with Crippen molar-refractivity contribution in [2.45, 2.75) is 37.9 Å². The Morgan fingerprint density at radius 3 is 0.931 bits per heavy atom. The van der Waals surface area contributed by atoms with Gasteiger partial charge in [0, 0.05) is 13.1 Å². The molecule has 3 aromatic carbocycles. The van der Waals surface area contributed by atoms with E-state index in [4.69, 9.17) is 4.74 Å². The van der Waals surface area contributed by atoms with Gasteiger partial charge in [-0.15, -0.1) is 0 Å². The molecule has 0 aliphatic carbocycles. The lowest BCUT2D eigenvalue weighted by atomic mass is 9.86. The number of halogens is 15. The second-order valence-electron chi connectivity index (χ2n) is 13.0. The number of fused-ring (bicyclic) bond motifs is 6. The first-order valence-electron chi connectivity index (χ1n) is 16.7. The molecule has 9 rings (SSSR count). The molecule has 1 N–H and O–H groups in total. The zero-order valence-corrected chi connectivity index (χ0v) is 28.8. The Balaban J connectivity index is 0.000000182. The second-order valence-corrected chi connectivity index (χ2v) is 13.0. The Kier molecular flexibility index (Phi) is 13.6. The average molecular weight is 859 g/mol. The van der Waals surface area contributed by atoms with Crippen LogP contribution in [0.25, 0.3) is 0 Å². The van der Waals surface area contributed by atoms with E-state index in [1.54, 1.807) is 0 Å². The Hall–Kier alpha value is -4.97. The fourth-order valence-electron chi connectivity index (χ4n) is 6.42. The summed E-state index contributed by atoms with van der Waals surface area (Å²) in [5.74, 6) is -42.5. The number of carbonyl (C=O) groups excluding carboxylic acids is 2. The topological polar surface area (TPSA) is 97.8 Å². The first kappa shape index (κ1) is 44.1. The molecule has 6 aliphatic heterocycles. The third-order valence-corrected chi connectivity index (χ3v) is 9.53. The summed E-state index contributed by atoms with van der Waals surface area (Å²) >= 11 is 0. The molecular weight excluding hydrogens is 833 g/mol. The summed E-state index contributed by atoms with van der Waals surface area (Å²) < 4.78 is 212. The van der Waals surface area contributed by atoms with E-state index in [0.717, 1.165) is 32.5 Å². The van der Waals surface area contributed by atoms with Crippen LogP contribution in [-0.2, 0) is 4.74 Å². The summed E-state index contributed by atoms with van der Waals surface area (Å²) in [5, 5.41) is 9.36. The van der Waals surface area contributed by atoms with Gasteiger partial charge < -0.3 is 29.0 Å². The van der Waals surface area contributed by atoms with Gasteiger partial charge in [0.1, 0.15) is 6.10 Å². The van der Waals surface area contributed by atoms with Crippen LogP contribution in [0.15, 0.2) is 0 Å². The Morgan fingerprint density at radius 2 is 0.690 bits per heavy atom. The second kappa shape index (κ2) is 17.9. The lowest BCUT2D eigenvalue weighted by Gasteiger charge is -2.43. The molecule has 2 atom stereocenters. The van der Waals surface area contributed by atoms with Crippen LogP contribution in [-0.4, -0.2) is 78.7 Å². The summed E-state index contributed by atoms with van der Waals surface area (Å²) in [7, 11) is 0. The molecule has 3 aromatic rings. The zero-order chi connectivity index (χ0) is 42.9. The molecule has 0 aromatic heterocycles. The number of aliphatic hydroxyl groups excluding tert-OH is 1. The largest absolute Gasteiger partial charge is 0.519 e. The van der Waals surface area contributed by atoms with Crippen molar-refractivity contribution in [1.29, 1.82) is 0 Å². The van der Waals surface area contributed by atoms with Crippen LogP contribution in [0, 0.1) is 99.1 Å². The first-order valence-corrected chi connectivity index (χ1v) is 16.7. The van der Waals surface area contributed by atoms with Crippen LogP contribution < -0.4 is 14.2 Å². The Morgan fingerprint density at radius 1 is 0.414 bits per heavy atom. The molecule has 318 valence electrons. The first-order chi connectivity index (χ1) is 27.2. The molecule has 6 aliphatic rings. The minimum absolute atomic E-state index is 0.00694. The molecule has 9 nitrogen and oxygen atoms in total. The standard InChI is InChI=1S/C14H12F5NO3.C13F10O3.C7H13NO/c15-8-9(16)11(18)13(12(19)10(8)17)23-14(21)22-7-5-20-3-1-6(7)2-4-20;14-1-3(16)7(20)11(8(21)4(1)17)25-13(24)26-12-9(22)5(18)2(15)6(19)10(12)23;9-7-5-8-3-1-6(7)2-4-8/h6-7H,1-5H2;;6-7,9H,1-5H2/t7-;;7-/m0.0/s1. The summed E-state index contributed by atoms with van der Waals surface area (Å²) in [6.07, 6.45) is -0.523. The van der Waals surface area contributed by atoms with E-state index in [0.29, 0.717) is 12.5 Å². The molecule has 0 unspecified atom stereocenters. The third-order valence-electron chi connectivity index (χ3n) is 9.53. The van der Waals surface area contributed by atoms with Gasteiger partial charge in [0.15, 0.2) is 0 Å². The van der Waals surface area contributed by atoms with Gasteiger partial charge in [-0.1, -0.05) is 0 Å². The van der Waals surface area contributed by atoms with Crippen molar-refractivity contribution in [1.82, 2.24) is 9.80 Å². The number of carbonyl (C=O) groups is 2. The van der Waals surface area contributed by atoms with Crippen molar-refractivity contribution in [3.63, 3.8) is 0 Å². The third kappa shape index (κ3) is 9.02. The Labute approximate surface area is 315 Å². The van der Waals surface area contributed by atoms with Crippen molar-refractivity contribution >= 4 is 12.3 Å². The molecular formula is C34H25F15N2O7. The van der Waals surface area contributed by atoms with Gasteiger partial charge in [0.2, 0.25) is 105 Å². The summed E-state index contributed by atoms with van der Waals surface area (Å²) in [6, 6.07) is 0. The minimum Gasteiger partial charge on any atom is -0.429 e. The highest BCUT2D eigenvalue weighted by atomic mass is 19.2. The summed E-state index contributed by atoms with van der Waals surface area (Å²) in [5.41, 5.74) is 0. The van der Waals surface area contributed by atoms with Crippen molar-refractivity contribution < 1.29 is 99.5 Å². The van der Waals surface area contributed by atoms with Crippen LogP contribution in [0.5, 0.6) is 17.2 Å². The van der Waals surface area contributed by atoms with Gasteiger partial charge in [0.05, 0.1) is 6.10 Å². The SMILES string of the molecule is O=C(Oc1c(F)c(F)c(F)c(F)c1F)O[C@H]1CN2CCC1CC2.O=C(Oc1c(F)c(F)c(F)c(F)c1F)Oc1c(F)c(F)c(F)c(F)c1F.O[C@H]1CN2CCC1CC2. The van der Waals surface area contributed by atoms with E-state index < -0.39 is 123 Å². The quantitative estimate of drug-likeness (QED) is 0.0931. The smallest absolute Gasteiger partial charge is 0.429 e. The highest BCUT2D eigenvalue weighted by Gasteiger charge is 2.38. The van der Waals surface area contributed by atoms with Crippen LogP contribution in [0.4, 0.5) is 75.4 Å². The monoisotopic (exact) mass is 858 g/mol. The number of benzene rings is 3. The van der Waals surface area contributed by atoms with Crippen LogP contribution in [0.3, 0.4) is 0 Å². The van der Waals surface area contributed by atoms with E-state index in [1.165, 1.54) is 25.9 Å². The number of rotatable bonds is 4. The summed E-state index contributed by atoms with van der Waals surface area (Å²) in [6.45, 7) is 5.58. The summed E-state index contributed by atoms with van der Waals surface area (Å²) in [4.78, 5) is 27.3. The number of nitrogens with zero attached hydrogens (tertiary/aromatic N) is 2. The van der Waals surface area contributed by atoms with Gasteiger partial charge in [-0.3, -0.25) is 4.90 Å². The highest BCUT2D eigenvalue weighted by Crippen LogP contribution is 2.34. The molecule has 0 saturated carbocycles. The number of hydrogen-bond donors (Lipinski definition) is 1.